The molecule has 45 heavy (non-hydrogen) atoms. The predicted molar refractivity (Wildman–Crippen MR) is 172 cm³/mol. The van der Waals surface area contributed by atoms with E-state index in [-0.39, 0.29) is 17.4 Å². The number of anilines is 3. The van der Waals surface area contributed by atoms with Gasteiger partial charge in [-0.1, -0.05) is 19.9 Å². The van der Waals surface area contributed by atoms with Crippen LogP contribution in [0.15, 0.2) is 60.8 Å². The van der Waals surface area contributed by atoms with Crippen LogP contribution in [0.25, 0.3) is 10.9 Å². The molecule has 4 heterocycles. The van der Waals surface area contributed by atoms with Crippen LogP contribution in [0.4, 0.5) is 17.5 Å². The molecule has 2 aliphatic rings. The van der Waals surface area contributed by atoms with Crippen LogP contribution in [0, 0.1) is 0 Å². The van der Waals surface area contributed by atoms with Gasteiger partial charge in [0, 0.05) is 54.6 Å². The van der Waals surface area contributed by atoms with Crippen molar-refractivity contribution in [3.8, 4) is 0 Å². The molecule has 2 aliphatic heterocycles. The van der Waals surface area contributed by atoms with Crippen LogP contribution in [-0.2, 0) is 4.74 Å². The molecular formula is C32H39N9O4. The maximum absolute atomic E-state index is 12.6. The third-order valence-electron chi connectivity index (χ3n) is 7.13. The zero-order valence-electron chi connectivity index (χ0n) is 25.6. The first-order chi connectivity index (χ1) is 21.9. The lowest BCUT2D eigenvalue weighted by molar-refractivity contribution is 0.0303. The summed E-state index contributed by atoms with van der Waals surface area (Å²) in [5.74, 6) is -0.419. The molecular weight excluding hydrogens is 574 g/mol. The minimum atomic E-state index is -0.707. The first-order valence-electron chi connectivity index (χ1n) is 15.1. The molecule has 0 radical (unpaired) electrons. The van der Waals surface area contributed by atoms with Gasteiger partial charge in [-0.25, -0.2) is 0 Å². The van der Waals surface area contributed by atoms with Gasteiger partial charge in [0.25, 0.3) is 11.8 Å². The third-order valence-corrected chi connectivity index (χ3v) is 7.13. The molecule has 0 spiro atoms. The summed E-state index contributed by atoms with van der Waals surface area (Å²) in [6, 6.07) is 15.9. The number of aromatic nitrogens is 4. The lowest BCUT2D eigenvalue weighted by atomic mass is 10.1. The van der Waals surface area contributed by atoms with Crippen molar-refractivity contribution in [2.24, 2.45) is 11.5 Å². The molecule has 2 aromatic carbocycles. The third kappa shape index (κ3) is 8.70. The topological polar surface area (TPSA) is 183 Å². The molecule has 2 saturated heterocycles. The molecule has 13 heteroatoms. The second-order valence-corrected chi connectivity index (χ2v) is 10.1. The number of nitrogens with zero attached hydrogens (tertiary/aromatic N) is 6. The number of benzene rings is 2. The van der Waals surface area contributed by atoms with E-state index < -0.39 is 11.8 Å². The van der Waals surface area contributed by atoms with Crippen LogP contribution in [0.1, 0.15) is 64.3 Å². The Kier molecular flexibility index (Phi) is 11.7. The van der Waals surface area contributed by atoms with Crippen molar-refractivity contribution in [1.29, 1.82) is 0 Å². The lowest BCUT2D eigenvalue weighted by Crippen LogP contribution is -2.40. The van der Waals surface area contributed by atoms with Gasteiger partial charge in [0.1, 0.15) is 0 Å². The van der Waals surface area contributed by atoms with E-state index in [4.69, 9.17) is 16.2 Å². The maximum atomic E-state index is 12.6. The van der Waals surface area contributed by atoms with Crippen molar-refractivity contribution in [2.45, 2.75) is 33.1 Å². The number of rotatable bonds is 6. The Morgan fingerprint density at radius 2 is 1.51 bits per heavy atom. The number of primary amides is 2. The molecule has 2 fully saturated rings. The van der Waals surface area contributed by atoms with Gasteiger partial charge in [-0.05, 0) is 67.8 Å². The van der Waals surface area contributed by atoms with E-state index in [1.807, 2.05) is 26.0 Å². The number of ether oxygens (including phenoxy) is 1. The Hall–Kier alpha value is -5.17. The second kappa shape index (κ2) is 16.1. The van der Waals surface area contributed by atoms with Gasteiger partial charge >= 0.3 is 0 Å². The first kappa shape index (κ1) is 32.7. The molecule has 0 unspecified atom stereocenters. The molecule has 236 valence electrons. The van der Waals surface area contributed by atoms with Crippen LogP contribution in [0.2, 0.25) is 0 Å². The number of amides is 3. The van der Waals surface area contributed by atoms with E-state index >= 15 is 0 Å². The smallest absolute Gasteiger partial charge is 0.273 e. The number of carbonyl (C=O) groups is 3. The Morgan fingerprint density at radius 1 is 0.822 bits per heavy atom. The van der Waals surface area contributed by atoms with Gasteiger partial charge in [0.15, 0.2) is 11.5 Å². The monoisotopic (exact) mass is 613 g/mol. The molecule has 13 nitrogen and oxygen atoms in total. The van der Waals surface area contributed by atoms with Crippen LogP contribution < -0.4 is 21.7 Å². The fourth-order valence-electron chi connectivity index (χ4n) is 4.81. The summed E-state index contributed by atoms with van der Waals surface area (Å²) in [6.45, 7) is 8.01. The molecule has 2 aromatic heterocycles. The van der Waals surface area contributed by atoms with Crippen LogP contribution >= 0.6 is 0 Å². The SMILES string of the molecule is CC.NC(=O)c1ccc2ncccc2c1.NC(=O)c1nnc(N2CCCCC2)nc1Nc1ccc(C(=O)N2CCOCC2)cc1. The fraction of sp³-hybridized carbons (Fsp3) is 0.344. The number of morpholine rings is 1. The molecule has 0 aliphatic carbocycles. The van der Waals surface area contributed by atoms with Crippen molar-refractivity contribution in [3.05, 3.63) is 77.6 Å². The zero-order chi connectivity index (χ0) is 32.2. The summed E-state index contributed by atoms with van der Waals surface area (Å²) in [4.78, 5) is 47.7. The summed E-state index contributed by atoms with van der Waals surface area (Å²) in [5, 5.41) is 12.1. The fourth-order valence-corrected chi connectivity index (χ4v) is 4.81. The summed E-state index contributed by atoms with van der Waals surface area (Å²) in [5.41, 5.74) is 13.2. The van der Waals surface area contributed by atoms with Crippen LogP contribution in [0.5, 0.6) is 0 Å². The van der Waals surface area contributed by atoms with E-state index in [1.54, 1.807) is 53.6 Å². The van der Waals surface area contributed by atoms with E-state index in [2.05, 4.69) is 30.4 Å². The van der Waals surface area contributed by atoms with Crippen molar-refractivity contribution >= 4 is 46.1 Å². The molecule has 0 bridgehead atoms. The van der Waals surface area contributed by atoms with Crippen molar-refractivity contribution in [1.82, 2.24) is 25.1 Å². The number of hydrogen-bond donors (Lipinski definition) is 3. The van der Waals surface area contributed by atoms with Gasteiger partial charge in [-0.2, -0.15) is 4.98 Å². The highest BCUT2D eigenvalue weighted by Crippen LogP contribution is 2.22. The summed E-state index contributed by atoms with van der Waals surface area (Å²) in [7, 11) is 0. The van der Waals surface area contributed by atoms with Gasteiger partial charge in [-0.3, -0.25) is 19.4 Å². The molecule has 3 amide bonds. The largest absolute Gasteiger partial charge is 0.378 e. The zero-order valence-corrected chi connectivity index (χ0v) is 25.6. The molecule has 6 rings (SSSR count). The highest BCUT2D eigenvalue weighted by atomic mass is 16.5. The highest BCUT2D eigenvalue weighted by Gasteiger charge is 2.21. The Labute approximate surface area is 262 Å². The first-order valence-corrected chi connectivity index (χ1v) is 15.1. The van der Waals surface area contributed by atoms with E-state index in [1.165, 1.54) is 6.42 Å². The van der Waals surface area contributed by atoms with E-state index in [9.17, 15) is 14.4 Å². The number of pyridine rings is 1. The van der Waals surface area contributed by atoms with E-state index in [0.717, 1.165) is 36.8 Å². The Morgan fingerprint density at radius 3 is 2.18 bits per heavy atom. The predicted octanol–water partition coefficient (Wildman–Crippen LogP) is 3.54. The Bertz CT molecular complexity index is 1600. The van der Waals surface area contributed by atoms with Gasteiger partial charge < -0.3 is 31.3 Å². The second-order valence-electron chi connectivity index (χ2n) is 10.1. The van der Waals surface area contributed by atoms with E-state index in [0.29, 0.717) is 49.1 Å². The Balaban J connectivity index is 0.000000255. The number of fused-ring (bicyclic) bond motifs is 1. The number of carbonyl (C=O) groups excluding carboxylic acids is 3. The van der Waals surface area contributed by atoms with Crippen LogP contribution in [0.3, 0.4) is 0 Å². The number of hydrogen-bond acceptors (Lipinski definition) is 10. The molecule has 0 atom stereocenters. The van der Waals surface area contributed by atoms with Gasteiger partial charge in [0.2, 0.25) is 11.9 Å². The molecule has 0 saturated carbocycles. The van der Waals surface area contributed by atoms with Crippen LogP contribution in [-0.4, -0.2) is 82.2 Å². The van der Waals surface area contributed by atoms with Crippen molar-refractivity contribution in [2.75, 3.05) is 49.6 Å². The summed E-state index contributed by atoms with van der Waals surface area (Å²) in [6.07, 6.45) is 5.04. The molecule has 4 aromatic rings. The quantitative estimate of drug-likeness (QED) is 0.291. The minimum absolute atomic E-state index is 0.0239. The summed E-state index contributed by atoms with van der Waals surface area (Å²) < 4.78 is 5.29. The van der Waals surface area contributed by atoms with Crippen molar-refractivity contribution in [3.63, 3.8) is 0 Å². The number of nitrogens with one attached hydrogen (secondary N) is 1. The number of piperidine rings is 1. The maximum Gasteiger partial charge on any atom is 0.273 e. The number of nitrogens with two attached hydrogens (primary N) is 2. The average Bonchev–Trinajstić information content (AvgIpc) is 3.10. The van der Waals surface area contributed by atoms with Gasteiger partial charge in [-0.15, -0.1) is 10.2 Å². The normalized spacial score (nSPS) is 14.4. The van der Waals surface area contributed by atoms with Gasteiger partial charge in [0.05, 0.1) is 18.7 Å². The molecule has 5 N–H and O–H groups in total. The average molecular weight is 614 g/mol. The standard InChI is InChI=1S/C20H25N7O3.C10H8N2O.C2H6/c21-17(28)16-18(23-20(25-24-16)27-8-2-1-3-9-27)22-15-6-4-14(5-7-15)19(29)26-10-12-30-13-11-26;11-10(13)8-3-4-9-7(6-8)2-1-5-12-9;1-2/h4-7H,1-3,8-13H2,(H2,21,28)(H,22,23,25);1-6H,(H2,11,13);1-2H3. The summed E-state index contributed by atoms with van der Waals surface area (Å²) >= 11 is 0. The van der Waals surface area contributed by atoms with Crippen molar-refractivity contribution < 1.29 is 19.1 Å². The lowest BCUT2D eigenvalue weighted by Gasteiger charge is -2.27. The minimum Gasteiger partial charge on any atom is -0.378 e. The highest BCUT2D eigenvalue weighted by molar-refractivity contribution is 5.97.